The summed E-state index contributed by atoms with van der Waals surface area (Å²) >= 11 is 1.80. The molecule has 2 heterocycles. The lowest BCUT2D eigenvalue weighted by atomic mass is 10.1. The summed E-state index contributed by atoms with van der Waals surface area (Å²) in [4.78, 5) is 18.0. The Morgan fingerprint density at radius 1 is 1.13 bits per heavy atom. The topological polar surface area (TPSA) is 35.6 Å². The summed E-state index contributed by atoms with van der Waals surface area (Å²) in [7, 11) is 0. The van der Waals surface area contributed by atoms with Crippen molar-refractivity contribution in [1.29, 1.82) is 0 Å². The zero-order valence-electron chi connectivity index (χ0n) is 13.5. The van der Waals surface area contributed by atoms with Crippen molar-refractivity contribution in [2.75, 3.05) is 26.2 Å². The molecule has 0 radical (unpaired) electrons. The Kier molecular flexibility index (Phi) is 5.31. The largest absolute Gasteiger partial charge is 0.334 e. The highest BCUT2D eigenvalue weighted by Gasteiger charge is 2.21. The van der Waals surface area contributed by atoms with Gasteiger partial charge in [0.1, 0.15) is 0 Å². The Morgan fingerprint density at radius 3 is 2.61 bits per heavy atom. The molecule has 5 heteroatoms. The van der Waals surface area contributed by atoms with Crippen LogP contribution in [0.5, 0.6) is 0 Å². The molecule has 0 aliphatic carbocycles. The van der Waals surface area contributed by atoms with Gasteiger partial charge in [0.05, 0.1) is 0 Å². The second-order valence-corrected chi connectivity index (χ2v) is 6.96. The number of piperazine rings is 1. The van der Waals surface area contributed by atoms with Gasteiger partial charge in [0, 0.05) is 44.1 Å². The highest BCUT2D eigenvalue weighted by molar-refractivity contribution is 7.09. The summed E-state index contributed by atoms with van der Waals surface area (Å²) < 4.78 is 0. The van der Waals surface area contributed by atoms with Gasteiger partial charge < -0.3 is 10.2 Å². The van der Waals surface area contributed by atoms with Crippen LogP contribution >= 0.6 is 11.3 Å². The average Bonchev–Trinajstić information content (AvgIpc) is 3.07. The highest BCUT2D eigenvalue weighted by Crippen LogP contribution is 2.13. The normalized spacial score (nSPS) is 15.6. The standard InChI is InChI=1S/C18H23N3OS/c1-15-5-2-3-6-16(15)13-19-18(22)21-10-8-20(9-11-21)14-17-7-4-12-23-17/h2-7,12H,8-11,13-14H2,1H3,(H,19,22). The van der Waals surface area contributed by atoms with Crippen LogP contribution in [0.3, 0.4) is 0 Å². The number of hydrogen-bond donors (Lipinski definition) is 1. The van der Waals surface area contributed by atoms with Gasteiger partial charge in [0.25, 0.3) is 0 Å². The Balaban J connectivity index is 1.44. The Hall–Kier alpha value is -1.85. The molecular formula is C18H23N3OS. The predicted octanol–water partition coefficient (Wildman–Crippen LogP) is 3.08. The van der Waals surface area contributed by atoms with Gasteiger partial charge in [-0.15, -0.1) is 11.3 Å². The molecular weight excluding hydrogens is 306 g/mol. The van der Waals surface area contributed by atoms with Crippen molar-refractivity contribution in [2.45, 2.75) is 20.0 Å². The van der Waals surface area contributed by atoms with Crippen LogP contribution in [0.25, 0.3) is 0 Å². The quantitative estimate of drug-likeness (QED) is 0.936. The molecule has 1 aromatic heterocycles. The molecule has 1 aliphatic rings. The Morgan fingerprint density at radius 2 is 1.91 bits per heavy atom. The Bertz CT molecular complexity index is 633. The number of amides is 2. The third-order valence-electron chi connectivity index (χ3n) is 4.31. The van der Waals surface area contributed by atoms with Crippen molar-refractivity contribution in [3.63, 3.8) is 0 Å². The number of carbonyl (C=O) groups excluding carboxylic acids is 1. The fourth-order valence-corrected chi connectivity index (χ4v) is 3.57. The van der Waals surface area contributed by atoms with Gasteiger partial charge in [-0.05, 0) is 29.5 Å². The highest BCUT2D eigenvalue weighted by atomic mass is 32.1. The van der Waals surface area contributed by atoms with Crippen LogP contribution in [-0.4, -0.2) is 42.0 Å². The van der Waals surface area contributed by atoms with Crippen molar-refractivity contribution in [3.05, 3.63) is 57.8 Å². The minimum atomic E-state index is 0.0454. The SMILES string of the molecule is Cc1ccccc1CNC(=O)N1CCN(Cc2cccs2)CC1. The third kappa shape index (κ3) is 4.33. The Labute approximate surface area is 141 Å². The van der Waals surface area contributed by atoms with Gasteiger partial charge in [0.15, 0.2) is 0 Å². The minimum Gasteiger partial charge on any atom is -0.334 e. The number of aryl methyl sites for hydroxylation is 1. The fourth-order valence-electron chi connectivity index (χ4n) is 2.82. The molecule has 2 amide bonds. The van der Waals surface area contributed by atoms with E-state index in [4.69, 9.17) is 0 Å². The molecule has 1 aromatic carbocycles. The van der Waals surface area contributed by atoms with E-state index in [1.807, 2.05) is 17.0 Å². The number of hydrogen-bond acceptors (Lipinski definition) is 3. The molecule has 2 aromatic rings. The molecule has 1 aliphatic heterocycles. The van der Waals surface area contributed by atoms with Gasteiger partial charge in [-0.2, -0.15) is 0 Å². The fraction of sp³-hybridized carbons (Fsp3) is 0.389. The zero-order valence-corrected chi connectivity index (χ0v) is 14.3. The number of thiophene rings is 1. The van der Waals surface area contributed by atoms with Crippen molar-refractivity contribution in [3.8, 4) is 0 Å². The summed E-state index contributed by atoms with van der Waals surface area (Å²) in [6.07, 6.45) is 0. The summed E-state index contributed by atoms with van der Waals surface area (Å²) in [6, 6.07) is 12.5. The summed E-state index contributed by atoms with van der Waals surface area (Å²) in [6.45, 7) is 7.14. The van der Waals surface area contributed by atoms with Crippen molar-refractivity contribution in [2.24, 2.45) is 0 Å². The average molecular weight is 329 g/mol. The van der Waals surface area contributed by atoms with Crippen LogP contribution in [0.1, 0.15) is 16.0 Å². The monoisotopic (exact) mass is 329 g/mol. The predicted molar refractivity (Wildman–Crippen MR) is 94.6 cm³/mol. The van der Waals surface area contributed by atoms with Crippen molar-refractivity contribution < 1.29 is 4.79 Å². The first-order valence-electron chi connectivity index (χ1n) is 8.04. The van der Waals surface area contributed by atoms with Crippen LogP contribution < -0.4 is 5.32 Å². The van der Waals surface area contributed by atoms with E-state index in [1.165, 1.54) is 16.0 Å². The second kappa shape index (κ2) is 7.62. The van der Waals surface area contributed by atoms with Crippen molar-refractivity contribution >= 4 is 17.4 Å². The number of nitrogens with zero attached hydrogens (tertiary/aromatic N) is 2. The van der Waals surface area contributed by atoms with E-state index in [2.05, 4.69) is 46.8 Å². The molecule has 0 saturated carbocycles. The summed E-state index contributed by atoms with van der Waals surface area (Å²) in [5, 5.41) is 5.16. The maximum absolute atomic E-state index is 12.3. The maximum Gasteiger partial charge on any atom is 0.317 e. The molecule has 122 valence electrons. The first-order valence-corrected chi connectivity index (χ1v) is 8.92. The van der Waals surface area contributed by atoms with Crippen molar-refractivity contribution in [1.82, 2.24) is 15.1 Å². The van der Waals surface area contributed by atoms with Gasteiger partial charge in [0.2, 0.25) is 0 Å². The summed E-state index contributed by atoms with van der Waals surface area (Å²) in [5.41, 5.74) is 2.39. The number of rotatable bonds is 4. The number of carbonyl (C=O) groups is 1. The smallest absolute Gasteiger partial charge is 0.317 e. The molecule has 3 rings (SSSR count). The lowest BCUT2D eigenvalue weighted by Gasteiger charge is -2.34. The molecule has 1 N–H and O–H groups in total. The molecule has 1 saturated heterocycles. The first kappa shape index (κ1) is 16.0. The number of urea groups is 1. The molecule has 4 nitrogen and oxygen atoms in total. The van der Waals surface area contributed by atoms with E-state index in [9.17, 15) is 4.79 Å². The van der Waals surface area contributed by atoms with E-state index in [1.54, 1.807) is 11.3 Å². The van der Waals surface area contributed by atoms with E-state index in [0.717, 1.165) is 32.7 Å². The van der Waals surface area contributed by atoms with Crippen LogP contribution in [0.4, 0.5) is 4.79 Å². The van der Waals surface area contributed by atoms with E-state index in [-0.39, 0.29) is 6.03 Å². The van der Waals surface area contributed by atoms with Crippen LogP contribution in [0, 0.1) is 6.92 Å². The van der Waals surface area contributed by atoms with Gasteiger partial charge in [-0.3, -0.25) is 4.90 Å². The van der Waals surface area contributed by atoms with Gasteiger partial charge >= 0.3 is 6.03 Å². The molecule has 1 fully saturated rings. The van der Waals surface area contributed by atoms with Crippen LogP contribution in [-0.2, 0) is 13.1 Å². The lowest BCUT2D eigenvalue weighted by Crippen LogP contribution is -2.51. The van der Waals surface area contributed by atoms with E-state index in [0.29, 0.717) is 6.54 Å². The maximum atomic E-state index is 12.3. The molecule has 23 heavy (non-hydrogen) atoms. The van der Waals surface area contributed by atoms with Crippen LogP contribution in [0.2, 0.25) is 0 Å². The minimum absolute atomic E-state index is 0.0454. The summed E-state index contributed by atoms with van der Waals surface area (Å²) in [5.74, 6) is 0. The van der Waals surface area contributed by atoms with Crippen LogP contribution in [0.15, 0.2) is 41.8 Å². The molecule has 0 spiro atoms. The lowest BCUT2D eigenvalue weighted by molar-refractivity contribution is 0.135. The zero-order chi connectivity index (χ0) is 16.1. The first-order chi connectivity index (χ1) is 11.2. The number of nitrogens with one attached hydrogen (secondary N) is 1. The van der Waals surface area contributed by atoms with E-state index < -0.39 is 0 Å². The van der Waals surface area contributed by atoms with Gasteiger partial charge in [-0.1, -0.05) is 30.3 Å². The molecule has 0 atom stereocenters. The van der Waals surface area contributed by atoms with Gasteiger partial charge in [-0.25, -0.2) is 4.79 Å². The third-order valence-corrected chi connectivity index (χ3v) is 5.17. The second-order valence-electron chi connectivity index (χ2n) is 5.93. The molecule has 0 bridgehead atoms. The van der Waals surface area contributed by atoms with E-state index >= 15 is 0 Å². The number of benzene rings is 1. The molecule has 0 unspecified atom stereocenters.